The molecule has 0 radical (unpaired) electrons. The third-order valence-corrected chi connectivity index (χ3v) is 3.46. The van der Waals surface area contributed by atoms with Gasteiger partial charge in [-0.3, -0.25) is 14.7 Å². The van der Waals surface area contributed by atoms with Gasteiger partial charge in [-0.25, -0.2) is 0 Å². The molecular formula is C14H16N4O2. The van der Waals surface area contributed by atoms with Crippen LogP contribution in [0.3, 0.4) is 0 Å². The minimum absolute atomic E-state index is 0.166. The average Bonchev–Trinajstić information content (AvgIpc) is 3.08. The summed E-state index contributed by atoms with van der Waals surface area (Å²) < 4.78 is 7.19. The van der Waals surface area contributed by atoms with Gasteiger partial charge in [0.1, 0.15) is 12.4 Å². The molecule has 1 N–H and O–H groups in total. The zero-order valence-corrected chi connectivity index (χ0v) is 11.2. The van der Waals surface area contributed by atoms with Crippen LogP contribution in [-0.4, -0.2) is 33.4 Å². The van der Waals surface area contributed by atoms with Crippen LogP contribution in [0.1, 0.15) is 13.3 Å². The van der Waals surface area contributed by atoms with Crippen LogP contribution in [0.25, 0.3) is 5.69 Å². The minimum atomic E-state index is -0.407. The van der Waals surface area contributed by atoms with Crippen LogP contribution in [-0.2, 0) is 9.53 Å². The molecule has 0 bridgehead atoms. The first kappa shape index (κ1) is 12.8. The van der Waals surface area contributed by atoms with Crippen molar-refractivity contribution >= 4 is 11.9 Å². The number of ether oxygens (including phenoxy) is 1. The lowest BCUT2D eigenvalue weighted by Crippen LogP contribution is -2.32. The normalized spacial score (nSPS) is 21.9. The number of rotatable bonds is 3. The fourth-order valence-electron chi connectivity index (χ4n) is 2.31. The summed E-state index contributed by atoms with van der Waals surface area (Å²) in [7, 11) is 0. The fourth-order valence-corrected chi connectivity index (χ4v) is 2.31. The molecule has 2 unspecified atom stereocenters. The number of amides is 1. The molecule has 1 saturated heterocycles. The number of carbonyl (C=O) groups excluding carboxylic acids is 1. The van der Waals surface area contributed by atoms with E-state index in [4.69, 9.17) is 4.74 Å². The largest absolute Gasteiger partial charge is 0.368 e. The second-order valence-corrected chi connectivity index (χ2v) is 4.91. The first-order valence-corrected chi connectivity index (χ1v) is 6.63. The molecule has 0 saturated carbocycles. The van der Waals surface area contributed by atoms with E-state index < -0.39 is 6.10 Å². The summed E-state index contributed by atoms with van der Waals surface area (Å²) in [5, 5.41) is 10.6. The van der Waals surface area contributed by atoms with Crippen molar-refractivity contribution in [3.8, 4) is 5.69 Å². The van der Waals surface area contributed by atoms with Crippen molar-refractivity contribution in [1.82, 2.24) is 14.8 Å². The molecule has 1 fully saturated rings. The maximum absolute atomic E-state index is 12.2. The van der Waals surface area contributed by atoms with Crippen LogP contribution in [0.15, 0.2) is 36.7 Å². The Balaban J connectivity index is 1.79. The van der Waals surface area contributed by atoms with Crippen molar-refractivity contribution in [2.75, 3.05) is 11.9 Å². The highest BCUT2D eigenvalue weighted by molar-refractivity contribution is 5.93. The summed E-state index contributed by atoms with van der Waals surface area (Å²) in [4.78, 5) is 12.2. The highest BCUT2D eigenvalue weighted by atomic mass is 16.5. The molecule has 1 aromatic carbocycles. The van der Waals surface area contributed by atoms with E-state index >= 15 is 0 Å². The lowest BCUT2D eigenvalue weighted by Gasteiger charge is -2.14. The van der Waals surface area contributed by atoms with E-state index in [1.807, 2.05) is 37.3 Å². The molecule has 20 heavy (non-hydrogen) atoms. The highest BCUT2D eigenvalue weighted by Crippen LogP contribution is 2.21. The Hall–Kier alpha value is -2.21. The average molecular weight is 272 g/mol. The van der Waals surface area contributed by atoms with E-state index in [0.717, 1.165) is 12.1 Å². The van der Waals surface area contributed by atoms with Crippen molar-refractivity contribution in [3.05, 3.63) is 36.7 Å². The van der Waals surface area contributed by atoms with Crippen LogP contribution < -0.4 is 5.32 Å². The van der Waals surface area contributed by atoms with Crippen LogP contribution in [0, 0.1) is 5.92 Å². The van der Waals surface area contributed by atoms with Crippen molar-refractivity contribution in [1.29, 1.82) is 0 Å². The monoisotopic (exact) mass is 272 g/mol. The van der Waals surface area contributed by atoms with Crippen molar-refractivity contribution in [2.24, 2.45) is 5.92 Å². The Kier molecular flexibility index (Phi) is 3.47. The molecule has 2 aromatic rings. The Morgan fingerprint density at radius 2 is 2.20 bits per heavy atom. The van der Waals surface area contributed by atoms with E-state index in [2.05, 4.69) is 15.5 Å². The maximum Gasteiger partial charge on any atom is 0.256 e. The molecule has 2 heterocycles. The minimum Gasteiger partial charge on any atom is -0.368 e. The van der Waals surface area contributed by atoms with E-state index in [-0.39, 0.29) is 11.8 Å². The van der Waals surface area contributed by atoms with Gasteiger partial charge in [0.2, 0.25) is 5.95 Å². The third-order valence-electron chi connectivity index (χ3n) is 3.46. The van der Waals surface area contributed by atoms with Crippen molar-refractivity contribution in [2.45, 2.75) is 19.4 Å². The maximum atomic E-state index is 12.2. The Morgan fingerprint density at radius 3 is 2.90 bits per heavy atom. The standard InChI is InChI=1S/C14H16N4O2/c1-10-7-8-20-12(10)13(19)16-14-17-15-9-18(14)11-5-3-2-4-6-11/h2-6,9-10,12H,7-8H2,1H3,(H,16,17,19). The summed E-state index contributed by atoms with van der Waals surface area (Å²) in [5.74, 6) is 0.465. The summed E-state index contributed by atoms with van der Waals surface area (Å²) in [6, 6.07) is 9.62. The van der Waals surface area contributed by atoms with Gasteiger partial charge in [-0.2, -0.15) is 0 Å². The van der Waals surface area contributed by atoms with Crippen LogP contribution >= 0.6 is 0 Å². The number of carbonyl (C=O) groups is 1. The molecule has 1 amide bonds. The molecule has 104 valence electrons. The molecule has 2 atom stereocenters. The third kappa shape index (κ3) is 2.42. The predicted octanol–water partition coefficient (Wildman–Crippen LogP) is 1.63. The zero-order chi connectivity index (χ0) is 13.9. The molecule has 1 aliphatic rings. The van der Waals surface area contributed by atoms with Gasteiger partial charge in [-0.05, 0) is 24.5 Å². The molecular weight excluding hydrogens is 256 g/mol. The molecule has 0 aliphatic carbocycles. The number of benzene rings is 1. The van der Waals surface area contributed by atoms with Crippen molar-refractivity contribution < 1.29 is 9.53 Å². The summed E-state index contributed by atoms with van der Waals surface area (Å²) >= 11 is 0. The van der Waals surface area contributed by atoms with E-state index in [1.54, 1.807) is 10.9 Å². The van der Waals surface area contributed by atoms with Gasteiger partial charge in [-0.1, -0.05) is 25.1 Å². The lowest BCUT2D eigenvalue weighted by molar-refractivity contribution is -0.126. The number of aromatic nitrogens is 3. The van der Waals surface area contributed by atoms with Gasteiger partial charge in [0.05, 0.1) is 5.69 Å². The van der Waals surface area contributed by atoms with Gasteiger partial charge in [0.25, 0.3) is 5.91 Å². The number of para-hydroxylation sites is 1. The molecule has 6 nitrogen and oxygen atoms in total. The number of nitrogens with zero attached hydrogens (tertiary/aromatic N) is 3. The highest BCUT2D eigenvalue weighted by Gasteiger charge is 2.31. The van der Waals surface area contributed by atoms with Crippen LogP contribution in [0.2, 0.25) is 0 Å². The van der Waals surface area contributed by atoms with Crippen LogP contribution in [0.5, 0.6) is 0 Å². The van der Waals surface area contributed by atoms with E-state index in [9.17, 15) is 4.79 Å². The second kappa shape index (κ2) is 5.42. The summed E-state index contributed by atoms with van der Waals surface area (Å²) in [5.41, 5.74) is 0.896. The quantitative estimate of drug-likeness (QED) is 0.922. The zero-order valence-electron chi connectivity index (χ0n) is 11.2. The van der Waals surface area contributed by atoms with E-state index in [0.29, 0.717) is 12.6 Å². The first-order chi connectivity index (χ1) is 9.75. The van der Waals surface area contributed by atoms with Gasteiger partial charge < -0.3 is 4.74 Å². The molecule has 0 spiro atoms. The Morgan fingerprint density at radius 1 is 1.40 bits per heavy atom. The second-order valence-electron chi connectivity index (χ2n) is 4.91. The van der Waals surface area contributed by atoms with Gasteiger partial charge in [0, 0.05) is 6.61 Å². The fraction of sp³-hybridized carbons (Fsp3) is 0.357. The van der Waals surface area contributed by atoms with E-state index in [1.165, 1.54) is 0 Å². The summed E-state index contributed by atoms with van der Waals surface area (Å²) in [6.07, 6.45) is 2.07. The van der Waals surface area contributed by atoms with Gasteiger partial charge >= 0.3 is 0 Å². The SMILES string of the molecule is CC1CCOC1C(=O)Nc1nncn1-c1ccccc1. The van der Waals surface area contributed by atoms with Crippen molar-refractivity contribution in [3.63, 3.8) is 0 Å². The smallest absolute Gasteiger partial charge is 0.256 e. The topological polar surface area (TPSA) is 69.0 Å². The molecule has 1 aromatic heterocycles. The Labute approximate surface area is 116 Å². The molecule has 3 rings (SSSR count). The molecule has 6 heteroatoms. The number of hydrogen-bond donors (Lipinski definition) is 1. The lowest BCUT2D eigenvalue weighted by atomic mass is 10.0. The predicted molar refractivity (Wildman–Crippen MR) is 73.5 cm³/mol. The number of anilines is 1. The number of nitrogens with one attached hydrogen (secondary N) is 1. The first-order valence-electron chi connectivity index (χ1n) is 6.63. The summed E-state index contributed by atoms with van der Waals surface area (Å²) in [6.45, 7) is 2.64. The van der Waals surface area contributed by atoms with Gasteiger partial charge in [0.15, 0.2) is 0 Å². The Bertz CT molecular complexity index is 596. The van der Waals surface area contributed by atoms with Gasteiger partial charge in [-0.15, -0.1) is 10.2 Å². The van der Waals surface area contributed by atoms with Crippen LogP contribution in [0.4, 0.5) is 5.95 Å². The molecule has 1 aliphatic heterocycles. The number of hydrogen-bond acceptors (Lipinski definition) is 4.